The number of fused-ring (bicyclic) bond motifs is 3. The molecule has 3 aliphatic carbocycles. The van der Waals surface area contributed by atoms with Crippen LogP contribution >= 0.6 is 0 Å². The highest BCUT2D eigenvalue weighted by molar-refractivity contribution is 6.07. The summed E-state index contributed by atoms with van der Waals surface area (Å²) in [6, 6.07) is 5.93. The van der Waals surface area contributed by atoms with Gasteiger partial charge >= 0.3 is 0 Å². The van der Waals surface area contributed by atoms with Crippen molar-refractivity contribution in [3.8, 4) is 0 Å². The van der Waals surface area contributed by atoms with E-state index in [4.69, 9.17) is 0 Å². The van der Waals surface area contributed by atoms with Crippen molar-refractivity contribution in [3.63, 3.8) is 0 Å². The summed E-state index contributed by atoms with van der Waals surface area (Å²) >= 11 is 0. The van der Waals surface area contributed by atoms with Crippen LogP contribution in [0, 0.1) is 39.2 Å². The van der Waals surface area contributed by atoms with E-state index in [0.29, 0.717) is 5.56 Å². The Morgan fingerprint density at radius 1 is 1.16 bits per heavy atom. The van der Waals surface area contributed by atoms with Gasteiger partial charge in [0.1, 0.15) is 0 Å². The molecule has 25 heavy (non-hydrogen) atoms. The number of nitrogens with zero attached hydrogens (tertiary/aromatic N) is 3. The zero-order valence-electron chi connectivity index (χ0n) is 13.2. The number of hydrogen-bond acceptors (Lipinski definition) is 5. The molecule has 1 heterocycles. The summed E-state index contributed by atoms with van der Waals surface area (Å²) < 4.78 is 0. The van der Waals surface area contributed by atoms with Crippen molar-refractivity contribution < 1.29 is 14.5 Å². The molecule has 7 heteroatoms. The topological polar surface area (TPSA) is 92.9 Å². The molecule has 2 bridgehead atoms. The number of nitro benzene ring substituents is 1. The quantitative estimate of drug-likeness (QED) is 0.278. The maximum atomic E-state index is 12.7. The van der Waals surface area contributed by atoms with Crippen molar-refractivity contribution in [2.75, 3.05) is 0 Å². The first kappa shape index (κ1) is 14.5. The molecule has 0 aromatic heterocycles. The zero-order valence-corrected chi connectivity index (χ0v) is 13.2. The van der Waals surface area contributed by atoms with Crippen molar-refractivity contribution in [1.82, 2.24) is 5.01 Å². The van der Waals surface area contributed by atoms with E-state index in [2.05, 4.69) is 17.3 Å². The predicted octanol–water partition coefficient (Wildman–Crippen LogP) is 2.13. The molecule has 0 N–H and O–H groups in total. The lowest BCUT2D eigenvalue weighted by Crippen LogP contribution is -2.30. The molecule has 7 nitrogen and oxygen atoms in total. The highest BCUT2D eigenvalue weighted by Crippen LogP contribution is 2.73. The number of carbonyl (C=O) groups excluding carboxylic acids is 2. The number of benzene rings is 1. The fraction of sp³-hybridized carbons (Fsp3) is 0.389. The lowest BCUT2D eigenvalue weighted by atomic mass is 9.85. The van der Waals surface area contributed by atoms with Crippen LogP contribution in [-0.2, 0) is 9.59 Å². The summed E-state index contributed by atoms with van der Waals surface area (Å²) in [5.74, 6) is -0.715. The van der Waals surface area contributed by atoms with E-state index in [9.17, 15) is 19.7 Å². The molecule has 0 unspecified atom stereocenters. The maximum Gasteiger partial charge on any atom is 0.270 e. The van der Waals surface area contributed by atoms with Crippen LogP contribution in [0.3, 0.4) is 0 Å². The van der Waals surface area contributed by atoms with Gasteiger partial charge in [0.05, 0.1) is 23.0 Å². The van der Waals surface area contributed by atoms with Crippen LogP contribution in [0.5, 0.6) is 0 Å². The fourth-order valence-corrected chi connectivity index (χ4v) is 5.02. The number of nitro groups is 1. The average Bonchev–Trinajstić information content (AvgIpc) is 3.20. The Labute approximate surface area is 143 Å². The molecule has 3 fully saturated rings. The minimum atomic E-state index is -0.494. The summed E-state index contributed by atoms with van der Waals surface area (Å²) in [6.45, 7) is 0. The molecule has 1 aliphatic heterocycles. The van der Waals surface area contributed by atoms with Gasteiger partial charge in [-0.25, -0.2) is 0 Å². The summed E-state index contributed by atoms with van der Waals surface area (Å²) in [6.07, 6.45) is 7.75. The van der Waals surface area contributed by atoms with E-state index in [0.717, 1.165) is 17.9 Å². The molecular weight excluding hydrogens is 322 g/mol. The molecule has 0 radical (unpaired) electrons. The van der Waals surface area contributed by atoms with E-state index >= 15 is 0 Å². The summed E-state index contributed by atoms with van der Waals surface area (Å²) in [5.41, 5.74) is 0.584. The third kappa shape index (κ3) is 1.78. The molecule has 1 saturated heterocycles. The predicted molar refractivity (Wildman–Crippen MR) is 87.3 cm³/mol. The van der Waals surface area contributed by atoms with E-state index in [1.54, 1.807) is 12.1 Å². The van der Waals surface area contributed by atoms with Crippen molar-refractivity contribution >= 4 is 23.7 Å². The monoisotopic (exact) mass is 337 g/mol. The molecule has 1 aromatic carbocycles. The van der Waals surface area contributed by atoms with Crippen LogP contribution in [0.2, 0.25) is 0 Å². The number of amides is 2. The summed E-state index contributed by atoms with van der Waals surface area (Å²) in [4.78, 5) is 35.8. The number of non-ortho nitro benzene ring substituents is 1. The lowest BCUT2D eigenvalue weighted by molar-refractivity contribution is -0.384. The Morgan fingerprint density at radius 2 is 1.80 bits per heavy atom. The van der Waals surface area contributed by atoms with Crippen LogP contribution in [0.1, 0.15) is 18.4 Å². The fourth-order valence-electron chi connectivity index (χ4n) is 5.02. The number of hydrogen-bond donors (Lipinski definition) is 0. The molecule has 4 atom stereocenters. The Hall–Kier alpha value is -2.83. The molecule has 4 aliphatic rings. The zero-order chi connectivity index (χ0) is 17.3. The SMILES string of the molecule is O=C1[C@@H]2[C@H](C(=O)N1/N=C\c1cccc([N+](=O)[O-])c1)[C@@H]1C=C[C@@H]2C12CC2. The molecular formula is C18H15N3O4. The van der Waals surface area contributed by atoms with Gasteiger partial charge in [-0.05, 0) is 30.1 Å². The third-order valence-electron chi connectivity index (χ3n) is 6.23. The molecule has 2 amide bonds. The molecule has 5 rings (SSSR count). The standard InChI is InChI=1S/C18H15N3O4/c22-16-14-12-4-5-13(18(12)6-7-18)15(14)17(23)20(16)19-9-10-2-1-3-11(8-10)21(24)25/h1-5,8-9,12-15H,6-7H2/b19-9-/t12-,13-,14-,15+/m0/s1. The third-order valence-corrected chi connectivity index (χ3v) is 6.23. The molecule has 2 saturated carbocycles. The minimum Gasteiger partial charge on any atom is -0.272 e. The number of carbonyl (C=O) groups is 2. The van der Waals surface area contributed by atoms with E-state index in [-0.39, 0.29) is 46.6 Å². The van der Waals surface area contributed by atoms with Crippen molar-refractivity contribution in [3.05, 3.63) is 52.1 Å². The number of imide groups is 1. The van der Waals surface area contributed by atoms with Gasteiger partial charge in [0.2, 0.25) is 0 Å². The highest BCUT2D eigenvalue weighted by atomic mass is 16.6. The molecule has 1 aromatic rings. The Balaban J connectivity index is 1.42. The first-order valence-corrected chi connectivity index (χ1v) is 8.37. The summed E-state index contributed by atoms with van der Waals surface area (Å²) in [7, 11) is 0. The van der Waals surface area contributed by atoms with Gasteiger partial charge in [-0.1, -0.05) is 24.3 Å². The van der Waals surface area contributed by atoms with Crippen molar-refractivity contribution in [1.29, 1.82) is 0 Å². The smallest absolute Gasteiger partial charge is 0.270 e. The van der Waals surface area contributed by atoms with Gasteiger partial charge in [-0.3, -0.25) is 19.7 Å². The second kappa shape index (κ2) is 4.62. The van der Waals surface area contributed by atoms with Gasteiger partial charge in [-0.15, -0.1) is 0 Å². The average molecular weight is 337 g/mol. The number of allylic oxidation sites excluding steroid dienone is 2. The number of hydrazone groups is 1. The van der Waals surface area contributed by atoms with Crippen LogP contribution in [-0.4, -0.2) is 28.0 Å². The normalized spacial score (nSPS) is 33.7. The maximum absolute atomic E-state index is 12.7. The van der Waals surface area contributed by atoms with Crippen LogP contribution in [0.4, 0.5) is 5.69 Å². The van der Waals surface area contributed by atoms with E-state index < -0.39 is 4.92 Å². The van der Waals surface area contributed by atoms with Crippen molar-refractivity contribution in [2.24, 2.45) is 34.2 Å². The van der Waals surface area contributed by atoms with Gasteiger partial charge in [0.15, 0.2) is 0 Å². The summed E-state index contributed by atoms with van der Waals surface area (Å²) in [5, 5.41) is 15.9. The van der Waals surface area contributed by atoms with Gasteiger partial charge in [0, 0.05) is 17.7 Å². The minimum absolute atomic E-state index is 0.0576. The van der Waals surface area contributed by atoms with Gasteiger partial charge in [0.25, 0.3) is 17.5 Å². The first-order valence-electron chi connectivity index (χ1n) is 8.37. The van der Waals surface area contributed by atoms with Crippen molar-refractivity contribution in [2.45, 2.75) is 12.8 Å². The Kier molecular flexibility index (Phi) is 2.68. The van der Waals surface area contributed by atoms with Gasteiger partial charge < -0.3 is 0 Å². The van der Waals surface area contributed by atoms with Crippen LogP contribution in [0.15, 0.2) is 41.5 Å². The highest BCUT2D eigenvalue weighted by Gasteiger charge is 2.73. The van der Waals surface area contributed by atoms with E-state index in [1.807, 2.05) is 0 Å². The largest absolute Gasteiger partial charge is 0.272 e. The molecule has 126 valence electrons. The number of rotatable bonds is 3. The first-order chi connectivity index (χ1) is 12.0. The second-order valence-corrected chi connectivity index (χ2v) is 7.31. The van der Waals surface area contributed by atoms with Gasteiger partial charge in [-0.2, -0.15) is 10.1 Å². The van der Waals surface area contributed by atoms with Crippen LogP contribution < -0.4 is 0 Å². The Bertz CT molecular complexity index is 852. The second-order valence-electron chi connectivity index (χ2n) is 7.31. The van der Waals surface area contributed by atoms with Crippen LogP contribution in [0.25, 0.3) is 0 Å². The molecule has 1 spiro atoms. The van der Waals surface area contributed by atoms with E-state index in [1.165, 1.54) is 18.3 Å². The lowest BCUT2D eigenvalue weighted by Gasteiger charge is -2.18. The Morgan fingerprint density at radius 3 is 2.36 bits per heavy atom.